The zero-order chi connectivity index (χ0) is 17.2. The molecule has 0 saturated carbocycles. The van der Waals surface area contributed by atoms with Crippen molar-refractivity contribution in [1.29, 1.82) is 0 Å². The maximum atomic E-state index is 5.64. The molecule has 1 atom stereocenters. The van der Waals surface area contributed by atoms with Crippen LogP contribution >= 0.6 is 0 Å². The van der Waals surface area contributed by atoms with Gasteiger partial charge in [-0.05, 0) is 30.5 Å². The number of fused-ring (bicyclic) bond motifs is 1. The van der Waals surface area contributed by atoms with Crippen LogP contribution in [0.3, 0.4) is 0 Å². The van der Waals surface area contributed by atoms with Crippen LogP contribution in [0.15, 0.2) is 22.7 Å². The van der Waals surface area contributed by atoms with Gasteiger partial charge in [0.1, 0.15) is 5.75 Å². The van der Waals surface area contributed by atoms with E-state index in [1.165, 1.54) is 11.1 Å². The van der Waals surface area contributed by atoms with Crippen molar-refractivity contribution in [2.45, 2.75) is 39.3 Å². The van der Waals surface area contributed by atoms with Crippen LogP contribution in [0.5, 0.6) is 5.75 Å². The zero-order valence-corrected chi connectivity index (χ0v) is 15.1. The summed E-state index contributed by atoms with van der Waals surface area (Å²) in [5, 5.41) is 3.87. The summed E-state index contributed by atoms with van der Waals surface area (Å²) >= 11 is 0. The van der Waals surface area contributed by atoms with E-state index in [9.17, 15) is 0 Å². The standard InChI is InChI=1S/C19H26N4O2/c1-3-17(15-4-5-18-16(12-15)6-11-24-18)23-9-7-22(8-10-23)13-19-20-14(2)21-25-19/h4-5,12,17H,3,6-11,13H2,1-2H3/t17-/m0/s1. The molecule has 2 aliphatic rings. The minimum atomic E-state index is 0.485. The lowest BCUT2D eigenvalue weighted by molar-refractivity contribution is 0.0830. The SMILES string of the molecule is CC[C@@H](c1ccc2c(c1)CCO2)N1CCN(Cc2nc(C)no2)CC1. The highest BCUT2D eigenvalue weighted by atomic mass is 16.5. The van der Waals surface area contributed by atoms with Crippen LogP contribution in [0.25, 0.3) is 0 Å². The van der Waals surface area contributed by atoms with Crippen LogP contribution in [0.2, 0.25) is 0 Å². The third-order valence-corrected chi connectivity index (χ3v) is 5.26. The smallest absolute Gasteiger partial charge is 0.240 e. The van der Waals surface area contributed by atoms with E-state index in [-0.39, 0.29) is 0 Å². The van der Waals surface area contributed by atoms with Gasteiger partial charge in [0.15, 0.2) is 5.82 Å². The van der Waals surface area contributed by atoms with Gasteiger partial charge in [-0.1, -0.05) is 24.2 Å². The Kier molecular flexibility index (Phi) is 4.72. The quantitative estimate of drug-likeness (QED) is 0.832. The Morgan fingerprint density at radius 1 is 1.20 bits per heavy atom. The summed E-state index contributed by atoms with van der Waals surface area (Å²) in [7, 11) is 0. The monoisotopic (exact) mass is 342 g/mol. The number of aryl methyl sites for hydroxylation is 1. The second kappa shape index (κ2) is 7.14. The Labute approximate surface area is 148 Å². The van der Waals surface area contributed by atoms with Crippen molar-refractivity contribution in [3.63, 3.8) is 0 Å². The van der Waals surface area contributed by atoms with E-state index in [0.29, 0.717) is 11.9 Å². The number of hydrogen-bond acceptors (Lipinski definition) is 6. The minimum absolute atomic E-state index is 0.485. The fraction of sp³-hybridized carbons (Fsp3) is 0.579. The molecule has 3 heterocycles. The van der Waals surface area contributed by atoms with Crippen molar-refractivity contribution in [3.05, 3.63) is 41.0 Å². The van der Waals surface area contributed by atoms with Gasteiger partial charge in [0.2, 0.25) is 5.89 Å². The van der Waals surface area contributed by atoms with Crippen LogP contribution in [0, 0.1) is 6.92 Å². The molecule has 0 spiro atoms. The van der Waals surface area contributed by atoms with E-state index >= 15 is 0 Å². The molecular formula is C19H26N4O2. The van der Waals surface area contributed by atoms with E-state index in [0.717, 1.165) is 63.8 Å². The number of nitrogens with zero attached hydrogens (tertiary/aromatic N) is 4. The maximum absolute atomic E-state index is 5.64. The molecule has 0 bridgehead atoms. The van der Waals surface area contributed by atoms with Crippen LogP contribution in [0.1, 0.15) is 42.2 Å². The van der Waals surface area contributed by atoms with E-state index in [2.05, 4.69) is 45.1 Å². The van der Waals surface area contributed by atoms with Gasteiger partial charge >= 0.3 is 0 Å². The molecule has 6 heteroatoms. The Morgan fingerprint density at radius 3 is 2.76 bits per heavy atom. The molecule has 2 aliphatic heterocycles. The fourth-order valence-electron chi connectivity index (χ4n) is 3.95. The second-order valence-electron chi connectivity index (χ2n) is 6.94. The third-order valence-electron chi connectivity index (χ3n) is 5.26. The Bertz CT molecular complexity index is 722. The van der Waals surface area contributed by atoms with Crippen LogP contribution < -0.4 is 4.74 Å². The maximum Gasteiger partial charge on any atom is 0.240 e. The molecule has 134 valence electrons. The molecule has 4 rings (SSSR count). The summed E-state index contributed by atoms with van der Waals surface area (Å²) in [6.45, 7) is 9.92. The predicted molar refractivity (Wildman–Crippen MR) is 94.6 cm³/mol. The summed E-state index contributed by atoms with van der Waals surface area (Å²) < 4.78 is 10.9. The lowest BCUT2D eigenvalue weighted by atomic mass is 9.98. The Morgan fingerprint density at radius 2 is 2.04 bits per heavy atom. The molecule has 0 unspecified atom stereocenters. The van der Waals surface area contributed by atoms with Gasteiger partial charge in [-0.3, -0.25) is 9.80 Å². The molecular weight excluding hydrogens is 316 g/mol. The summed E-state index contributed by atoms with van der Waals surface area (Å²) in [5.41, 5.74) is 2.79. The lowest BCUT2D eigenvalue weighted by Gasteiger charge is -2.39. The Hall–Kier alpha value is -1.92. The molecule has 1 saturated heterocycles. The first-order valence-electron chi connectivity index (χ1n) is 9.24. The van der Waals surface area contributed by atoms with Gasteiger partial charge in [-0.25, -0.2) is 0 Å². The molecule has 2 aromatic rings. The average Bonchev–Trinajstić information content (AvgIpc) is 3.25. The topological polar surface area (TPSA) is 54.6 Å². The molecule has 1 aromatic carbocycles. The van der Waals surface area contributed by atoms with Gasteiger partial charge < -0.3 is 9.26 Å². The van der Waals surface area contributed by atoms with E-state index in [1.54, 1.807) is 0 Å². The highest BCUT2D eigenvalue weighted by Crippen LogP contribution is 2.32. The van der Waals surface area contributed by atoms with Gasteiger partial charge in [0, 0.05) is 38.6 Å². The first-order chi connectivity index (χ1) is 12.2. The van der Waals surface area contributed by atoms with Crippen molar-refractivity contribution in [1.82, 2.24) is 19.9 Å². The molecule has 0 N–H and O–H groups in total. The summed E-state index contributed by atoms with van der Waals surface area (Å²) in [6.07, 6.45) is 2.17. The predicted octanol–water partition coefficient (Wildman–Crippen LogP) is 2.58. The number of hydrogen-bond donors (Lipinski definition) is 0. The fourth-order valence-corrected chi connectivity index (χ4v) is 3.95. The number of ether oxygens (including phenoxy) is 1. The summed E-state index contributed by atoms with van der Waals surface area (Å²) in [6, 6.07) is 7.23. The Balaban J connectivity index is 1.38. The highest BCUT2D eigenvalue weighted by molar-refractivity contribution is 5.40. The third kappa shape index (κ3) is 3.55. The van der Waals surface area contributed by atoms with Gasteiger partial charge in [-0.15, -0.1) is 0 Å². The minimum Gasteiger partial charge on any atom is -0.493 e. The van der Waals surface area contributed by atoms with Gasteiger partial charge in [0.25, 0.3) is 0 Å². The second-order valence-corrected chi connectivity index (χ2v) is 6.94. The number of piperazine rings is 1. The zero-order valence-electron chi connectivity index (χ0n) is 15.1. The molecule has 0 radical (unpaired) electrons. The average molecular weight is 342 g/mol. The molecule has 1 aromatic heterocycles. The summed E-state index contributed by atoms with van der Waals surface area (Å²) in [5.74, 6) is 2.50. The van der Waals surface area contributed by atoms with E-state index in [1.807, 2.05) is 6.92 Å². The van der Waals surface area contributed by atoms with Gasteiger partial charge in [-0.2, -0.15) is 4.98 Å². The van der Waals surface area contributed by atoms with Crippen LogP contribution in [0.4, 0.5) is 0 Å². The van der Waals surface area contributed by atoms with Crippen molar-refractivity contribution in [2.75, 3.05) is 32.8 Å². The molecule has 25 heavy (non-hydrogen) atoms. The normalized spacial score (nSPS) is 19.6. The number of aromatic nitrogens is 2. The first-order valence-corrected chi connectivity index (χ1v) is 9.24. The van der Waals surface area contributed by atoms with E-state index < -0.39 is 0 Å². The van der Waals surface area contributed by atoms with Crippen molar-refractivity contribution >= 4 is 0 Å². The van der Waals surface area contributed by atoms with Crippen molar-refractivity contribution in [3.8, 4) is 5.75 Å². The first kappa shape index (κ1) is 16.5. The number of benzene rings is 1. The van der Waals surface area contributed by atoms with E-state index in [4.69, 9.17) is 9.26 Å². The molecule has 0 amide bonds. The molecule has 1 fully saturated rings. The van der Waals surface area contributed by atoms with Crippen LogP contribution in [-0.2, 0) is 13.0 Å². The lowest BCUT2D eigenvalue weighted by Crippen LogP contribution is -2.47. The summed E-state index contributed by atoms with van der Waals surface area (Å²) in [4.78, 5) is 9.31. The highest BCUT2D eigenvalue weighted by Gasteiger charge is 2.26. The molecule has 6 nitrogen and oxygen atoms in total. The van der Waals surface area contributed by atoms with Crippen molar-refractivity contribution < 1.29 is 9.26 Å². The van der Waals surface area contributed by atoms with Crippen molar-refractivity contribution in [2.24, 2.45) is 0 Å². The largest absolute Gasteiger partial charge is 0.493 e. The van der Waals surface area contributed by atoms with Crippen LogP contribution in [-0.4, -0.2) is 52.7 Å². The van der Waals surface area contributed by atoms with Gasteiger partial charge in [0.05, 0.1) is 13.2 Å². The number of rotatable bonds is 5. The molecule has 0 aliphatic carbocycles.